The van der Waals surface area contributed by atoms with Gasteiger partial charge in [0.15, 0.2) is 5.82 Å². The number of nitrogens with zero attached hydrogens (tertiary/aromatic N) is 3. The number of fused-ring (bicyclic) bond motifs is 3. The normalized spacial score (nSPS) is 18.5. The van der Waals surface area contributed by atoms with Crippen LogP contribution < -0.4 is 15.0 Å². The van der Waals surface area contributed by atoms with Crippen LogP contribution in [0.4, 0.5) is 11.5 Å². The molecule has 136 valence electrons. The number of ether oxygens (including phenoxy) is 1. The molecular formula is C20H24N4O2. The first-order chi connectivity index (χ1) is 12.6. The van der Waals surface area contributed by atoms with Gasteiger partial charge in [0.25, 0.3) is 0 Å². The number of hydrogen-bond acceptors (Lipinski definition) is 5. The van der Waals surface area contributed by atoms with Crippen LogP contribution in [0.15, 0.2) is 36.5 Å². The second-order valence-electron chi connectivity index (χ2n) is 7.08. The Balaban J connectivity index is 1.45. The average Bonchev–Trinajstić information content (AvgIpc) is 3.13. The second-order valence-corrected chi connectivity index (χ2v) is 7.08. The molecule has 1 unspecified atom stereocenters. The lowest BCUT2D eigenvalue weighted by Crippen LogP contribution is -2.44. The van der Waals surface area contributed by atoms with E-state index in [9.17, 15) is 4.79 Å². The Bertz CT molecular complexity index is 806. The topological polar surface area (TPSA) is 57.7 Å². The maximum atomic E-state index is 12.3. The van der Waals surface area contributed by atoms with E-state index in [0.29, 0.717) is 0 Å². The molecule has 6 heteroatoms. The third-order valence-electron chi connectivity index (χ3n) is 5.07. The van der Waals surface area contributed by atoms with Crippen LogP contribution >= 0.6 is 0 Å². The lowest BCUT2D eigenvalue weighted by atomic mass is 10.1. The molecule has 1 saturated heterocycles. The molecule has 1 atom stereocenters. The van der Waals surface area contributed by atoms with Gasteiger partial charge in [0.1, 0.15) is 11.8 Å². The Labute approximate surface area is 153 Å². The monoisotopic (exact) mass is 352 g/mol. The van der Waals surface area contributed by atoms with Gasteiger partial charge in [0, 0.05) is 25.8 Å². The number of hydrogen-bond donors (Lipinski definition) is 1. The first kappa shape index (κ1) is 16.8. The van der Waals surface area contributed by atoms with Crippen molar-refractivity contribution in [2.75, 3.05) is 30.9 Å². The lowest BCUT2D eigenvalue weighted by Gasteiger charge is -2.32. The molecule has 1 N–H and O–H groups in total. The summed E-state index contributed by atoms with van der Waals surface area (Å²) in [5.74, 6) is 1.88. The predicted molar refractivity (Wildman–Crippen MR) is 101 cm³/mol. The van der Waals surface area contributed by atoms with Gasteiger partial charge in [-0.1, -0.05) is 12.1 Å². The van der Waals surface area contributed by atoms with Crippen LogP contribution in [0.2, 0.25) is 0 Å². The zero-order chi connectivity index (χ0) is 18.1. The Morgan fingerprint density at radius 3 is 2.81 bits per heavy atom. The standard InChI is InChI=1S/C20H24N4O2/c1-23(12-14-5-7-16(26-2)8-6-14)13-15-10-17-19(21-11-15)24-9-3-4-18(24)20(25)22-17/h5-8,10-11,18H,3-4,9,12-13H2,1-2H3,(H,22,25). The fourth-order valence-corrected chi connectivity index (χ4v) is 3.83. The molecule has 2 aliphatic heterocycles. The van der Waals surface area contributed by atoms with Gasteiger partial charge in [0.2, 0.25) is 5.91 Å². The quantitative estimate of drug-likeness (QED) is 0.896. The van der Waals surface area contributed by atoms with Gasteiger partial charge < -0.3 is 15.0 Å². The molecule has 1 aromatic carbocycles. The highest BCUT2D eigenvalue weighted by molar-refractivity contribution is 6.03. The van der Waals surface area contributed by atoms with Crippen molar-refractivity contribution in [3.05, 3.63) is 47.7 Å². The number of benzene rings is 1. The third-order valence-corrected chi connectivity index (χ3v) is 5.07. The first-order valence-electron chi connectivity index (χ1n) is 9.02. The molecule has 0 bridgehead atoms. The summed E-state index contributed by atoms with van der Waals surface area (Å²) in [4.78, 5) is 21.3. The van der Waals surface area contributed by atoms with E-state index in [-0.39, 0.29) is 11.9 Å². The van der Waals surface area contributed by atoms with Crippen molar-refractivity contribution in [2.24, 2.45) is 0 Å². The number of methoxy groups -OCH3 is 1. The molecule has 0 saturated carbocycles. The van der Waals surface area contributed by atoms with E-state index in [1.54, 1.807) is 7.11 Å². The Morgan fingerprint density at radius 2 is 2.04 bits per heavy atom. The van der Waals surface area contributed by atoms with Gasteiger partial charge in [0.05, 0.1) is 12.8 Å². The van der Waals surface area contributed by atoms with Gasteiger partial charge in [-0.25, -0.2) is 4.98 Å². The zero-order valence-electron chi connectivity index (χ0n) is 15.2. The molecule has 1 fully saturated rings. The number of carbonyl (C=O) groups is 1. The summed E-state index contributed by atoms with van der Waals surface area (Å²) in [6.45, 7) is 2.52. The molecule has 0 spiro atoms. The van der Waals surface area contributed by atoms with E-state index < -0.39 is 0 Å². The van der Waals surface area contributed by atoms with Crippen LogP contribution in [0.3, 0.4) is 0 Å². The van der Waals surface area contributed by atoms with Crippen LogP contribution in [-0.4, -0.2) is 42.5 Å². The van der Waals surface area contributed by atoms with Gasteiger partial charge in [-0.05, 0) is 49.2 Å². The van der Waals surface area contributed by atoms with Crippen LogP contribution in [0.25, 0.3) is 0 Å². The minimum Gasteiger partial charge on any atom is -0.497 e. The van der Waals surface area contributed by atoms with Gasteiger partial charge in [-0.3, -0.25) is 9.69 Å². The van der Waals surface area contributed by atoms with Crippen LogP contribution in [0.1, 0.15) is 24.0 Å². The van der Waals surface area contributed by atoms with Crippen molar-refractivity contribution in [3.63, 3.8) is 0 Å². The summed E-state index contributed by atoms with van der Waals surface area (Å²) in [6, 6.07) is 10.1. The van der Waals surface area contributed by atoms with Crippen LogP contribution in [0.5, 0.6) is 5.75 Å². The largest absolute Gasteiger partial charge is 0.497 e. The predicted octanol–water partition coefficient (Wildman–Crippen LogP) is 2.64. The summed E-state index contributed by atoms with van der Waals surface area (Å²) >= 11 is 0. The third kappa shape index (κ3) is 3.24. The van der Waals surface area contributed by atoms with Crippen molar-refractivity contribution >= 4 is 17.4 Å². The summed E-state index contributed by atoms with van der Waals surface area (Å²) in [5.41, 5.74) is 3.16. The van der Waals surface area contributed by atoms with Crippen LogP contribution in [0, 0.1) is 0 Å². The molecule has 1 aromatic heterocycles. The Kier molecular flexibility index (Phi) is 4.51. The number of nitrogens with one attached hydrogen (secondary N) is 1. The molecule has 0 radical (unpaired) electrons. The maximum absolute atomic E-state index is 12.3. The number of anilines is 2. The summed E-state index contributed by atoms with van der Waals surface area (Å²) < 4.78 is 5.20. The average molecular weight is 352 g/mol. The fraction of sp³-hybridized carbons (Fsp3) is 0.400. The highest BCUT2D eigenvalue weighted by atomic mass is 16.5. The molecule has 4 rings (SSSR count). The van der Waals surface area contributed by atoms with Gasteiger partial charge in [-0.2, -0.15) is 0 Å². The lowest BCUT2D eigenvalue weighted by molar-refractivity contribution is -0.117. The van der Waals surface area contributed by atoms with E-state index in [1.165, 1.54) is 5.56 Å². The number of rotatable bonds is 5. The molecule has 26 heavy (non-hydrogen) atoms. The van der Waals surface area contributed by atoms with Crippen molar-refractivity contribution in [2.45, 2.75) is 32.0 Å². The molecule has 0 aliphatic carbocycles. The van der Waals surface area contributed by atoms with Crippen LogP contribution in [-0.2, 0) is 17.9 Å². The summed E-state index contributed by atoms with van der Waals surface area (Å²) in [5, 5.41) is 3.03. The van der Waals surface area contributed by atoms with Crippen molar-refractivity contribution in [1.29, 1.82) is 0 Å². The fourth-order valence-electron chi connectivity index (χ4n) is 3.83. The molecule has 1 amide bonds. The molecule has 2 aliphatic rings. The zero-order valence-corrected chi connectivity index (χ0v) is 15.2. The number of pyridine rings is 1. The van der Waals surface area contributed by atoms with Crippen molar-refractivity contribution < 1.29 is 9.53 Å². The first-order valence-corrected chi connectivity index (χ1v) is 9.02. The maximum Gasteiger partial charge on any atom is 0.247 e. The van der Waals surface area contributed by atoms with Gasteiger partial charge >= 0.3 is 0 Å². The van der Waals surface area contributed by atoms with E-state index >= 15 is 0 Å². The minimum absolute atomic E-state index is 0.0430. The number of aromatic nitrogens is 1. The SMILES string of the molecule is COc1ccc(CN(C)Cc2cnc3c(c2)NC(=O)C2CCCN32)cc1. The van der Waals surface area contributed by atoms with Crippen molar-refractivity contribution in [3.8, 4) is 5.75 Å². The number of amides is 1. The van der Waals surface area contributed by atoms with Crippen molar-refractivity contribution in [1.82, 2.24) is 9.88 Å². The minimum atomic E-state index is -0.0430. The second kappa shape index (κ2) is 6.96. The molecular weight excluding hydrogens is 328 g/mol. The van der Waals surface area contributed by atoms with E-state index in [0.717, 1.165) is 55.3 Å². The van der Waals surface area contributed by atoms with E-state index in [1.807, 2.05) is 18.3 Å². The van der Waals surface area contributed by atoms with Gasteiger partial charge in [-0.15, -0.1) is 0 Å². The summed E-state index contributed by atoms with van der Waals surface area (Å²) in [6.07, 6.45) is 3.89. The molecule has 2 aromatic rings. The smallest absolute Gasteiger partial charge is 0.247 e. The Morgan fingerprint density at radius 1 is 1.27 bits per heavy atom. The highest BCUT2D eigenvalue weighted by Gasteiger charge is 2.37. The van der Waals surface area contributed by atoms with E-state index in [2.05, 4.69) is 45.3 Å². The van der Waals surface area contributed by atoms with E-state index in [4.69, 9.17) is 4.74 Å². The summed E-state index contributed by atoms with van der Waals surface area (Å²) in [7, 11) is 3.76. The molecule has 6 nitrogen and oxygen atoms in total. The highest BCUT2D eigenvalue weighted by Crippen LogP contribution is 2.35. The molecule has 3 heterocycles. The Hall–Kier alpha value is -2.60. The number of carbonyl (C=O) groups excluding carboxylic acids is 1.